The monoisotopic (exact) mass is 157 g/mol. The highest BCUT2D eigenvalue weighted by atomic mass is 32.1. The lowest BCUT2D eigenvalue weighted by molar-refractivity contribution is 0.234. The second kappa shape index (κ2) is 3.01. The van der Waals surface area contributed by atoms with Gasteiger partial charge in [0.1, 0.15) is 0 Å². The summed E-state index contributed by atoms with van der Waals surface area (Å²) in [5.41, 5.74) is 0. The first-order chi connectivity index (χ1) is 4.68. The molecule has 0 aliphatic heterocycles. The zero-order valence-electron chi connectivity index (χ0n) is 6.42. The quantitative estimate of drug-likeness (QED) is 0.656. The zero-order chi connectivity index (χ0) is 7.56. The second-order valence-electron chi connectivity index (χ2n) is 2.37. The molecular weight excluding hydrogens is 146 g/mol. The third-order valence-electron chi connectivity index (χ3n) is 0.954. The van der Waals surface area contributed by atoms with Crippen LogP contribution in [0.5, 0.6) is 5.88 Å². The fraction of sp³-hybridized carbons (Fsp3) is 0.571. The molecule has 0 amide bonds. The molecule has 0 saturated heterocycles. The maximum absolute atomic E-state index is 5.33. The van der Waals surface area contributed by atoms with Gasteiger partial charge in [-0.3, -0.25) is 0 Å². The number of thiazole rings is 1. The molecule has 56 valence electrons. The zero-order valence-corrected chi connectivity index (χ0v) is 7.23. The van der Waals surface area contributed by atoms with Crippen LogP contribution in [0.3, 0.4) is 0 Å². The van der Waals surface area contributed by atoms with Crippen molar-refractivity contribution in [3.8, 4) is 5.88 Å². The van der Waals surface area contributed by atoms with Crippen LogP contribution in [0.4, 0.5) is 0 Å². The molecule has 0 fully saturated rings. The molecule has 0 atom stereocenters. The minimum atomic E-state index is 0.224. The van der Waals surface area contributed by atoms with E-state index in [0.29, 0.717) is 0 Å². The molecule has 1 rings (SSSR count). The Kier molecular flexibility index (Phi) is 2.27. The molecular formula is C7H11NOS. The Balaban J connectivity index is 2.58. The van der Waals surface area contributed by atoms with Crippen LogP contribution in [0.1, 0.15) is 18.9 Å². The number of rotatable bonds is 2. The summed E-state index contributed by atoms with van der Waals surface area (Å²) in [5, 5.41) is 2.98. The summed E-state index contributed by atoms with van der Waals surface area (Å²) in [5.74, 6) is 0.748. The Hall–Kier alpha value is -0.570. The molecule has 0 unspecified atom stereocenters. The van der Waals surface area contributed by atoms with Crippen molar-refractivity contribution in [2.75, 3.05) is 0 Å². The van der Waals surface area contributed by atoms with Gasteiger partial charge in [0.05, 0.1) is 16.5 Å². The maximum atomic E-state index is 5.33. The van der Waals surface area contributed by atoms with Gasteiger partial charge in [0.15, 0.2) is 0 Å². The van der Waals surface area contributed by atoms with E-state index in [1.54, 1.807) is 11.3 Å². The van der Waals surface area contributed by atoms with Gasteiger partial charge in [-0.2, -0.15) is 0 Å². The van der Waals surface area contributed by atoms with Crippen molar-refractivity contribution < 1.29 is 4.74 Å². The van der Waals surface area contributed by atoms with Crippen molar-refractivity contribution in [1.29, 1.82) is 0 Å². The van der Waals surface area contributed by atoms with Gasteiger partial charge in [-0.1, -0.05) is 0 Å². The Morgan fingerprint density at radius 2 is 2.30 bits per heavy atom. The van der Waals surface area contributed by atoms with Gasteiger partial charge in [0, 0.05) is 0 Å². The standard InChI is InChI=1S/C7H11NOS/c1-5(2)9-7-4-10-6(3)8-7/h4-5H,1-3H3. The van der Waals surface area contributed by atoms with E-state index in [9.17, 15) is 0 Å². The number of hydrogen-bond acceptors (Lipinski definition) is 3. The summed E-state index contributed by atoms with van der Waals surface area (Å²) < 4.78 is 5.33. The molecule has 0 aliphatic carbocycles. The topological polar surface area (TPSA) is 22.1 Å². The Labute approximate surface area is 64.9 Å². The number of hydrogen-bond donors (Lipinski definition) is 0. The number of aryl methyl sites for hydroxylation is 1. The van der Waals surface area contributed by atoms with E-state index in [4.69, 9.17) is 4.74 Å². The van der Waals surface area contributed by atoms with Crippen LogP contribution in [0.25, 0.3) is 0 Å². The molecule has 0 aliphatic rings. The van der Waals surface area contributed by atoms with Crippen molar-refractivity contribution >= 4 is 11.3 Å². The highest BCUT2D eigenvalue weighted by Crippen LogP contribution is 2.15. The smallest absolute Gasteiger partial charge is 0.224 e. The molecule has 0 N–H and O–H groups in total. The molecule has 1 aromatic rings. The molecule has 1 heterocycles. The predicted octanol–water partition coefficient (Wildman–Crippen LogP) is 2.24. The lowest BCUT2D eigenvalue weighted by atomic mass is 10.5. The molecule has 0 radical (unpaired) electrons. The van der Waals surface area contributed by atoms with Crippen LogP contribution in [0.15, 0.2) is 5.38 Å². The van der Waals surface area contributed by atoms with Gasteiger partial charge in [0.25, 0.3) is 0 Å². The van der Waals surface area contributed by atoms with E-state index in [1.807, 2.05) is 26.2 Å². The summed E-state index contributed by atoms with van der Waals surface area (Å²) in [6.07, 6.45) is 0.224. The fourth-order valence-corrected chi connectivity index (χ4v) is 1.16. The molecule has 0 spiro atoms. The van der Waals surface area contributed by atoms with Gasteiger partial charge in [-0.15, -0.1) is 11.3 Å². The van der Waals surface area contributed by atoms with Gasteiger partial charge in [-0.05, 0) is 20.8 Å². The van der Waals surface area contributed by atoms with E-state index < -0.39 is 0 Å². The SMILES string of the molecule is Cc1nc(OC(C)C)cs1. The predicted molar refractivity (Wildman–Crippen MR) is 42.6 cm³/mol. The third-order valence-corrected chi connectivity index (χ3v) is 1.71. The van der Waals surface area contributed by atoms with E-state index in [1.165, 1.54) is 0 Å². The minimum absolute atomic E-state index is 0.224. The summed E-state index contributed by atoms with van der Waals surface area (Å²) in [6, 6.07) is 0. The molecule has 10 heavy (non-hydrogen) atoms. The van der Waals surface area contributed by atoms with Gasteiger partial charge >= 0.3 is 0 Å². The molecule has 0 saturated carbocycles. The first-order valence-corrected chi connectivity index (χ1v) is 4.15. The average molecular weight is 157 g/mol. The van der Waals surface area contributed by atoms with E-state index in [0.717, 1.165) is 10.9 Å². The summed E-state index contributed by atoms with van der Waals surface area (Å²) in [6.45, 7) is 5.96. The van der Waals surface area contributed by atoms with E-state index in [2.05, 4.69) is 4.98 Å². The number of ether oxygens (including phenoxy) is 1. The van der Waals surface area contributed by atoms with Crippen LogP contribution in [0.2, 0.25) is 0 Å². The van der Waals surface area contributed by atoms with Crippen LogP contribution in [-0.2, 0) is 0 Å². The van der Waals surface area contributed by atoms with Crippen LogP contribution < -0.4 is 4.74 Å². The molecule has 1 aromatic heterocycles. The van der Waals surface area contributed by atoms with Gasteiger partial charge in [-0.25, -0.2) is 4.98 Å². The molecule has 2 nitrogen and oxygen atoms in total. The summed E-state index contributed by atoms with van der Waals surface area (Å²) in [4.78, 5) is 4.15. The Bertz CT molecular complexity index is 207. The van der Waals surface area contributed by atoms with Crippen molar-refractivity contribution in [2.24, 2.45) is 0 Å². The molecule has 0 bridgehead atoms. The van der Waals surface area contributed by atoms with Crippen molar-refractivity contribution in [3.63, 3.8) is 0 Å². The number of nitrogens with zero attached hydrogens (tertiary/aromatic N) is 1. The number of aromatic nitrogens is 1. The first-order valence-electron chi connectivity index (χ1n) is 3.27. The molecule has 3 heteroatoms. The Morgan fingerprint density at radius 1 is 1.60 bits per heavy atom. The third kappa shape index (κ3) is 1.99. The van der Waals surface area contributed by atoms with Gasteiger partial charge < -0.3 is 4.74 Å². The maximum Gasteiger partial charge on any atom is 0.224 e. The Morgan fingerprint density at radius 3 is 2.70 bits per heavy atom. The minimum Gasteiger partial charge on any atom is -0.474 e. The van der Waals surface area contributed by atoms with Crippen molar-refractivity contribution in [3.05, 3.63) is 10.4 Å². The second-order valence-corrected chi connectivity index (χ2v) is 3.43. The highest BCUT2D eigenvalue weighted by Gasteiger charge is 1.99. The summed E-state index contributed by atoms with van der Waals surface area (Å²) >= 11 is 1.61. The average Bonchev–Trinajstić information content (AvgIpc) is 2.13. The largest absolute Gasteiger partial charge is 0.474 e. The van der Waals surface area contributed by atoms with E-state index in [-0.39, 0.29) is 6.10 Å². The van der Waals surface area contributed by atoms with Crippen LogP contribution >= 0.6 is 11.3 Å². The van der Waals surface area contributed by atoms with Crippen molar-refractivity contribution in [2.45, 2.75) is 26.9 Å². The first kappa shape index (κ1) is 7.54. The normalized spacial score (nSPS) is 10.4. The van der Waals surface area contributed by atoms with E-state index >= 15 is 0 Å². The lowest BCUT2D eigenvalue weighted by Gasteiger charge is -2.04. The highest BCUT2D eigenvalue weighted by molar-refractivity contribution is 7.09. The van der Waals surface area contributed by atoms with Crippen molar-refractivity contribution in [1.82, 2.24) is 4.98 Å². The summed E-state index contributed by atoms with van der Waals surface area (Å²) in [7, 11) is 0. The van der Waals surface area contributed by atoms with Gasteiger partial charge in [0.2, 0.25) is 5.88 Å². The fourth-order valence-electron chi connectivity index (χ4n) is 0.639. The van der Waals surface area contributed by atoms with Crippen LogP contribution in [-0.4, -0.2) is 11.1 Å². The lowest BCUT2D eigenvalue weighted by Crippen LogP contribution is -2.05. The van der Waals surface area contributed by atoms with Crippen LogP contribution in [0, 0.1) is 6.92 Å². The molecule has 0 aromatic carbocycles.